The van der Waals surface area contributed by atoms with Crippen molar-refractivity contribution in [1.29, 1.82) is 5.26 Å². The number of nitriles is 1. The molecule has 1 fully saturated rings. The van der Waals surface area contributed by atoms with E-state index >= 15 is 0 Å². The molecule has 1 aliphatic carbocycles. The third-order valence-electron chi connectivity index (χ3n) is 3.41. The molecule has 3 heteroatoms. The van der Waals surface area contributed by atoms with Crippen LogP contribution < -0.4 is 4.74 Å². The lowest BCUT2D eigenvalue weighted by molar-refractivity contribution is 0.321. The van der Waals surface area contributed by atoms with Gasteiger partial charge in [0.15, 0.2) is 0 Å². The van der Waals surface area contributed by atoms with Gasteiger partial charge in [-0.25, -0.2) is 0 Å². The van der Waals surface area contributed by atoms with Crippen LogP contribution in [0, 0.1) is 18.3 Å². The number of benzene rings is 1. The van der Waals surface area contributed by atoms with Gasteiger partial charge in [0.05, 0.1) is 23.1 Å². The molecule has 0 spiro atoms. The summed E-state index contributed by atoms with van der Waals surface area (Å²) in [5.74, 6) is 0.816. The summed E-state index contributed by atoms with van der Waals surface area (Å²) in [4.78, 5) is 0. The largest absolute Gasteiger partial charge is 0.496 e. The fourth-order valence-corrected chi connectivity index (χ4v) is 2.55. The standard InChI is InChI=1S/C13H14BrNO/c1-9-6-10(7-11(16-2)12(9)14)13(8-15)4-3-5-13/h6-7H,3-5H2,1-2H3. The van der Waals surface area contributed by atoms with Crippen LogP contribution in [-0.2, 0) is 5.41 Å². The molecule has 1 aliphatic rings. The normalized spacial score (nSPS) is 17.4. The van der Waals surface area contributed by atoms with Gasteiger partial charge < -0.3 is 4.74 Å². The van der Waals surface area contributed by atoms with Gasteiger partial charge in [-0.2, -0.15) is 5.26 Å². The van der Waals surface area contributed by atoms with E-state index in [9.17, 15) is 5.26 Å². The first-order valence-corrected chi connectivity index (χ1v) is 6.18. The minimum Gasteiger partial charge on any atom is -0.496 e. The molecule has 0 N–H and O–H groups in total. The van der Waals surface area contributed by atoms with Gasteiger partial charge in [-0.1, -0.05) is 6.07 Å². The summed E-state index contributed by atoms with van der Waals surface area (Å²) in [5, 5.41) is 9.31. The zero-order valence-electron chi connectivity index (χ0n) is 9.51. The highest BCUT2D eigenvalue weighted by atomic mass is 79.9. The Labute approximate surface area is 104 Å². The van der Waals surface area contributed by atoms with Gasteiger partial charge in [-0.15, -0.1) is 0 Å². The Hall–Kier alpha value is -1.01. The fourth-order valence-electron chi connectivity index (χ4n) is 2.16. The van der Waals surface area contributed by atoms with Crippen LogP contribution in [0.25, 0.3) is 0 Å². The van der Waals surface area contributed by atoms with Gasteiger partial charge in [0.1, 0.15) is 5.75 Å². The van der Waals surface area contributed by atoms with Crippen molar-refractivity contribution >= 4 is 15.9 Å². The lowest BCUT2D eigenvalue weighted by Crippen LogP contribution is -2.32. The van der Waals surface area contributed by atoms with Gasteiger partial charge in [0.25, 0.3) is 0 Å². The monoisotopic (exact) mass is 279 g/mol. The Morgan fingerprint density at radius 2 is 2.12 bits per heavy atom. The molecular weight excluding hydrogens is 266 g/mol. The number of aryl methyl sites for hydroxylation is 1. The van der Waals surface area contributed by atoms with E-state index < -0.39 is 0 Å². The van der Waals surface area contributed by atoms with E-state index in [1.165, 1.54) is 0 Å². The Bertz CT molecular complexity index is 458. The summed E-state index contributed by atoms with van der Waals surface area (Å²) in [6.07, 6.45) is 3.08. The molecule has 2 nitrogen and oxygen atoms in total. The molecule has 0 amide bonds. The van der Waals surface area contributed by atoms with Gasteiger partial charge in [-0.3, -0.25) is 0 Å². The zero-order chi connectivity index (χ0) is 11.8. The average Bonchev–Trinajstić information content (AvgIpc) is 2.22. The Morgan fingerprint density at radius 1 is 1.44 bits per heavy atom. The van der Waals surface area contributed by atoms with Gasteiger partial charge in [-0.05, 0) is 59.3 Å². The van der Waals surface area contributed by atoms with Crippen molar-refractivity contribution in [2.75, 3.05) is 7.11 Å². The lowest BCUT2D eigenvalue weighted by atomic mass is 9.65. The van der Waals surface area contributed by atoms with Crippen molar-refractivity contribution < 1.29 is 4.74 Å². The molecule has 0 bridgehead atoms. The molecule has 2 rings (SSSR count). The summed E-state index contributed by atoms with van der Waals surface area (Å²) in [6, 6.07) is 6.54. The highest BCUT2D eigenvalue weighted by molar-refractivity contribution is 9.10. The first-order chi connectivity index (χ1) is 7.63. The number of methoxy groups -OCH3 is 1. The number of halogens is 1. The summed E-state index contributed by atoms with van der Waals surface area (Å²) in [7, 11) is 1.66. The van der Waals surface area contributed by atoms with Gasteiger partial charge in [0.2, 0.25) is 0 Å². The molecule has 0 radical (unpaired) electrons. The summed E-state index contributed by atoms with van der Waals surface area (Å²) >= 11 is 3.50. The minimum atomic E-state index is -0.265. The number of nitrogens with zero attached hydrogens (tertiary/aromatic N) is 1. The molecule has 1 saturated carbocycles. The SMILES string of the molecule is COc1cc(C2(C#N)CCC2)cc(C)c1Br. The quantitative estimate of drug-likeness (QED) is 0.827. The van der Waals surface area contributed by atoms with E-state index in [1.54, 1.807) is 7.11 Å². The third kappa shape index (κ3) is 1.62. The maximum absolute atomic E-state index is 9.31. The maximum Gasteiger partial charge on any atom is 0.133 e. The second-order valence-electron chi connectivity index (χ2n) is 4.36. The molecule has 0 heterocycles. The Kier molecular flexibility index (Phi) is 2.94. The molecule has 0 aliphatic heterocycles. The van der Waals surface area contributed by atoms with Crippen LogP contribution in [0.3, 0.4) is 0 Å². The van der Waals surface area contributed by atoms with Crippen LogP contribution in [0.1, 0.15) is 30.4 Å². The lowest BCUT2D eigenvalue weighted by Gasteiger charge is -2.36. The number of ether oxygens (including phenoxy) is 1. The van der Waals surface area contributed by atoms with Crippen molar-refractivity contribution in [2.45, 2.75) is 31.6 Å². The molecule has 0 atom stereocenters. The second kappa shape index (κ2) is 4.10. The van der Waals surface area contributed by atoms with E-state index in [2.05, 4.69) is 28.1 Å². The second-order valence-corrected chi connectivity index (χ2v) is 5.15. The molecule has 1 aromatic rings. The van der Waals surface area contributed by atoms with E-state index in [0.29, 0.717) is 0 Å². The van der Waals surface area contributed by atoms with E-state index in [1.807, 2.05) is 13.0 Å². The van der Waals surface area contributed by atoms with Crippen LogP contribution in [0.15, 0.2) is 16.6 Å². The van der Waals surface area contributed by atoms with E-state index in [4.69, 9.17) is 4.74 Å². The molecule has 1 aromatic carbocycles. The summed E-state index contributed by atoms with van der Waals surface area (Å²) in [6.45, 7) is 2.03. The zero-order valence-corrected chi connectivity index (χ0v) is 11.1. The molecule has 84 valence electrons. The number of hydrogen-bond acceptors (Lipinski definition) is 2. The van der Waals surface area contributed by atoms with Crippen LogP contribution in [0.5, 0.6) is 5.75 Å². The van der Waals surface area contributed by atoms with Crippen molar-refractivity contribution in [2.24, 2.45) is 0 Å². The predicted molar refractivity (Wildman–Crippen MR) is 66.6 cm³/mol. The first kappa shape index (κ1) is 11.5. The molecule has 0 saturated heterocycles. The average molecular weight is 280 g/mol. The summed E-state index contributed by atoms with van der Waals surface area (Å²) in [5.41, 5.74) is 1.95. The molecule has 0 aromatic heterocycles. The highest BCUT2D eigenvalue weighted by Crippen LogP contribution is 2.45. The summed E-state index contributed by atoms with van der Waals surface area (Å²) < 4.78 is 6.30. The van der Waals surface area contributed by atoms with E-state index in [-0.39, 0.29) is 5.41 Å². The molecule has 16 heavy (non-hydrogen) atoms. The van der Waals surface area contributed by atoms with Crippen molar-refractivity contribution in [3.8, 4) is 11.8 Å². The Balaban J connectivity index is 2.51. The Morgan fingerprint density at radius 3 is 2.56 bits per heavy atom. The van der Waals surface area contributed by atoms with Crippen molar-refractivity contribution in [3.63, 3.8) is 0 Å². The maximum atomic E-state index is 9.31. The first-order valence-electron chi connectivity index (χ1n) is 5.39. The van der Waals surface area contributed by atoms with Crippen molar-refractivity contribution in [1.82, 2.24) is 0 Å². The fraction of sp³-hybridized carbons (Fsp3) is 0.462. The van der Waals surface area contributed by atoms with Crippen LogP contribution in [0.2, 0.25) is 0 Å². The number of rotatable bonds is 2. The van der Waals surface area contributed by atoms with E-state index in [0.717, 1.165) is 40.6 Å². The van der Waals surface area contributed by atoms with Crippen LogP contribution in [-0.4, -0.2) is 7.11 Å². The smallest absolute Gasteiger partial charge is 0.133 e. The van der Waals surface area contributed by atoms with Gasteiger partial charge in [0, 0.05) is 0 Å². The predicted octanol–water partition coefficient (Wildman–Crippen LogP) is 3.71. The van der Waals surface area contributed by atoms with Crippen molar-refractivity contribution in [3.05, 3.63) is 27.7 Å². The van der Waals surface area contributed by atoms with Gasteiger partial charge >= 0.3 is 0 Å². The van der Waals surface area contributed by atoms with Crippen LogP contribution in [0.4, 0.5) is 0 Å². The minimum absolute atomic E-state index is 0.265. The third-order valence-corrected chi connectivity index (χ3v) is 4.43. The number of hydrogen-bond donors (Lipinski definition) is 0. The molecule has 0 unspecified atom stereocenters. The topological polar surface area (TPSA) is 33.0 Å². The highest BCUT2D eigenvalue weighted by Gasteiger charge is 2.39. The molecular formula is C13H14BrNO. The van der Waals surface area contributed by atoms with Crippen LogP contribution >= 0.6 is 15.9 Å².